The lowest BCUT2D eigenvalue weighted by molar-refractivity contribution is 0.0131. The lowest BCUT2D eigenvalue weighted by atomic mass is 9.60. The van der Waals surface area contributed by atoms with Crippen molar-refractivity contribution in [2.45, 2.75) is 129 Å². The maximum absolute atomic E-state index is 10.8. The first-order valence-corrected chi connectivity index (χ1v) is 14.1. The Morgan fingerprint density at radius 1 is 1.18 bits per heavy atom. The zero-order valence-electron chi connectivity index (χ0n) is 22.7. The number of hydrogen-bond donors (Lipinski definition) is 3. The first-order valence-electron chi connectivity index (χ1n) is 14.1. The van der Waals surface area contributed by atoms with Gasteiger partial charge in [0.15, 0.2) is 0 Å². The van der Waals surface area contributed by atoms with E-state index in [1.54, 1.807) is 5.57 Å². The molecule has 0 aromatic carbocycles. The minimum atomic E-state index is -0.628. The van der Waals surface area contributed by atoms with Gasteiger partial charge in [-0.3, -0.25) is 0 Å². The van der Waals surface area contributed by atoms with Gasteiger partial charge in [-0.1, -0.05) is 70.8 Å². The van der Waals surface area contributed by atoms with Crippen molar-refractivity contribution in [3.05, 3.63) is 35.5 Å². The molecule has 0 spiro atoms. The maximum atomic E-state index is 10.8. The Morgan fingerprint density at radius 3 is 2.59 bits per heavy atom. The van der Waals surface area contributed by atoms with Gasteiger partial charge in [-0.15, -0.1) is 0 Å². The van der Waals surface area contributed by atoms with E-state index in [4.69, 9.17) is 0 Å². The highest BCUT2D eigenvalue weighted by Crippen LogP contribution is 2.60. The van der Waals surface area contributed by atoms with Crippen molar-refractivity contribution < 1.29 is 15.3 Å². The van der Waals surface area contributed by atoms with Crippen LogP contribution in [0.2, 0.25) is 0 Å². The van der Waals surface area contributed by atoms with E-state index in [1.165, 1.54) is 38.5 Å². The molecule has 7 atom stereocenters. The van der Waals surface area contributed by atoms with Crippen LogP contribution in [0.4, 0.5) is 0 Å². The van der Waals surface area contributed by atoms with Crippen LogP contribution in [0, 0.1) is 29.1 Å². The smallest absolute Gasteiger partial charge is 0.0839 e. The van der Waals surface area contributed by atoms with Crippen LogP contribution in [0.5, 0.6) is 0 Å². The minimum absolute atomic E-state index is 0.0799. The van der Waals surface area contributed by atoms with Crippen LogP contribution in [0.15, 0.2) is 35.5 Å². The second-order valence-electron chi connectivity index (χ2n) is 12.8. The van der Waals surface area contributed by atoms with Crippen LogP contribution in [-0.4, -0.2) is 33.1 Å². The summed E-state index contributed by atoms with van der Waals surface area (Å²) in [6, 6.07) is 0. The molecule has 0 aromatic rings. The van der Waals surface area contributed by atoms with Crippen LogP contribution in [0.25, 0.3) is 0 Å². The van der Waals surface area contributed by atoms with E-state index in [9.17, 15) is 15.3 Å². The third-order valence-electron chi connectivity index (χ3n) is 9.66. The molecule has 3 aliphatic rings. The lowest BCUT2D eigenvalue weighted by Crippen LogP contribution is -2.38. The summed E-state index contributed by atoms with van der Waals surface area (Å²) >= 11 is 0. The Bertz CT molecular complexity index is 757. The van der Waals surface area contributed by atoms with Crippen LogP contribution >= 0.6 is 0 Å². The number of fused-ring (bicyclic) bond motifs is 1. The molecule has 3 heteroatoms. The van der Waals surface area contributed by atoms with Crippen molar-refractivity contribution in [2.24, 2.45) is 29.1 Å². The molecule has 3 fully saturated rings. The highest BCUT2D eigenvalue weighted by molar-refractivity contribution is 5.39. The third kappa shape index (κ3) is 6.26. The van der Waals surface area contributed by atoms with Crippen LogP contribution in [0.3, 0.4) is 0 Å². The topological polar surface area (TPSA) is 60.7 Å². The second-order valence-corrected chi connectivity index (χ2v) is 12.8. The molecule has 3 saturated carbocycles. The van der Waals surface area contributed by atoms with Gasteiger partial charge >= 0.3 is 0 Å². The van der Waals surface area contributed by atoms with E-state index in [0.29, 0.717) is 23.7 Å². The fourth-order valence-corrected chi connectivity index (χ4v) is 7.61. The molecule has 3 aliphatic carbocycles. The number of allylic oxidation sites excluding steroid dienone is 3. The molecule has 0 bridgehead atoms. The lowest BCUT2D eigenvalue weighted by Gasteiger charge is -2.44. The summed E-state index contributed by atoms with van der Waals surface area (Å²) in [5.74, 6) is 2.01. The Morgan fingerprint density at radius 2 is 1.91 bits per heavy atom. The van der Waals surface area contributed by atoms with Crippen molar-refractivity contribution >= 4 is 0 Å². The fraction of sp³-hybridized carbons (Fsp3) is 0.806. The van der Waals surface area contributed by atoms with Gasteiger partial charge in [0.05, 0.1) is 17.8 Å². The quantitative estimate of drug-likeness (QED) is 0.335. The predicted octanol–water partition coefficient (Wildman–Crippen LogP) is 7.12. The predicted molar refractivity (Wildman–Crippen MR) is 142 cm³/mol. The number of aliphatic hydroxyl groups is 3. The van der Waals surface area contributed by atoms with Crippen LogP contribution in [0.1, 0.15) is 112 Å². The van der Waals surface area contributed by atoms with Gasteiger partial charge in [-0.05, 0) is 99.5 Å². The van der Waals surface area contributed by atoms with E-state index >= 15 is 0 Å². The van der Waals surface area contributed by atoms with Crippen LogP contribution < -0.4 is 0 Å². The minimum Gasteiger partial charge on any atom is -0.392 e. The fourth-order valence-electron chi connectivity index (χ4n) is 7.61. The van der Waals surface area contributed by atoms with Crippen molar-refractivity contribution in [3.8, 4) is 0 Å². The van der Waals surface area contributed by atoms with Crippen molar-refractivity contribution in [3.63, 3.8) is 0 Å². The average molecular weight is 473 g/mol. The molecular weight excluding hydrogens is 420 g/mol. The molecule has 0 aromatic heterocycles. The molecular formula is C31H52O3. The molecule has 0 radical (unpaired) electrons. The highest BCUT2D eigenvalue weighted by atomic mass is 16.3. The van der Waals surface area contributed by atoms with Gasteiger partial charge in [0.1, 0.15) is 0 Å². The zero-order chi connectivity index (χ0) is 25.1. The standard InChI is InChI=1S/C31H52O3/c1-7-8-13-25-28(32)20-24(22(3)29(25)33)15-14-23-12-10-19-31(6)26(16-17-27(23)31)21(2)11-9-18-30(4,5)34/h14-15,21,25-29,32-34H,3,7-13,16-20H2,1-2,4-6H3/b23-14+,24-15-/t21-,25+,26?,27+,28-,29-,31-/m1/s1. The van der Waals surface area contributed by atoms with Gasteiger partial charge < -0.3 is 15.3 Å². The van der Waals surface area contributed by atoms with E-state index in [-0.39, 0.29) is 5.92 Å². The van der Waals surface area contributed by atoms with E-state index in [1.807, 2.05) is 13.8 Å². The molecule has 0 amide bonds. The SMILES string of the molecule is C=C1/C(=C\C=C2/CCC[C@]3(C)C([C@H](C)CCCC(C)(C)O)CC[C@@H]23)C[C@@H](O)[C@H](CCCC)[C@@H]1O. The summed E-state index contributed by atoms with van der Waals surface area (Å²) < 4.78 is 0. The summed E-state index contributed by atoms with van der Waals surface area (Å²) in [5.41, 5.74) is 3.21. The van der Waals surface area contributed by atoms with E-state index in [2.05, 4.69) is 39.5 Å². The van der Waals surface area contributed by atoms with Gasteiger partial charge in [0, 0.05) is 5.92 Å². The highest BCUT2D eigenvalue weighted by Gasteiger charge is 2.50. The summed E-state index contributed by atoms with van der Waals surface area (Å²) in [7, 11) is 0. The van der Waals surface area contributed by atoms with Gasteiger partial charge in [0.2, 0.25) is 0 Å². The molecule has 3 N–H and O–H groups in total. The molecule has 0 heterocycles. The summed E-state index contributed by atoms with van der Waals surface area (Å²) in [5, 5.41) is 31.6. The summed E-state index contributed by atoms with van der Waals surface area (Å²) in [4.78, 5) is 0. The number of unbranched alkanes of at least 4 members (excludes halogenated alkanes) is 1. The van der Waals surface area contributed by atoms with E-state index in [0.717, 1.165) is 49.2 Å². The number of rotatable bonds is 9. The van der Waals surface area contributed by atoms with Gasteiger partial charge in [0.25, 0.3) is 0 Å². The van der Waals surface area contributed by atoms with Crippen molar-refractivity contribution in [1.29, 1.82) is 0 Å². The van der Waals surface area contributed by atoms with E-state index < -0.39 is 17.8 Å². The Balaban J connectivity index is 1.69. The molecule has 3 rings (SSSR count). The Labute approximate surface area is 209 Å². The molecule has 0 saturated heterocycles. The molecule has 194 valence electrons. The zero-order valence-corrected chi connectivity index (χ0v) is 22.7. The largest absolute Gasteiger partial charge is 0.392 e. The van der Waals surface area contributed by atoms with Gasteiger partial charge in [-0.25, -0.2) is 0 Å². The first-order chi connectivity index (χ1) is 16.0. The molecule has 1 unspecified atom stereocenters. The van der Waals surface area contributed by atoms with Crippen molar-refractivity contribution in [2.75, 3.05) is 0 Å². The number of hydrogen-bond acceptors (Lipinski definition) is 3. The Hall–Kier alpha value is -0.900. The molecule has 3 nitrogen and oxygen atoms in total. The molecule has 34 heavy (non-hydrogen) atoms. The third-order valence-corrected chi connectivity index (χ3v) is 9.66. The normalized spacial score (nSPS) is 37.9. The first kappa shape index (κ1) is 27.7. The summed E-state index contributed by atoms with van der Waals surface area (Å²) in [6.45, 7) is 15.2. The number of aliphatic hydroxyl groups excluding tert-OH is 2. The van der Waals surface area contributed by atoms with Crippen LogP contribution in [-0.2, 0) is 0 Å². The maximum Gasteiger partial charge on any atom is 0.0839 e. The second kappa shape index (κ2) is 11.4. The average Bonchev–Trinajstić information content (AvgIpc) is 3.12. The van der Waals surface area contributed by atoms with Crippen molar-refractivity contribution in [1.82, 2.24) is 0 Å². The van der Waals surface area contributed by atoms with Gasteiger partial charge in [-0.2, -0.15) is 0 Å². The monoisotopic (exact) mass is 472 g/mol. The Kier molecular flexibility index (Phi) is 9.31. The molecule has 0 aliphatic heterocycles. The summed E-state index contributed by atoms with van der Waals surface area (Å²) in [6.07, 6.45) is 16.5.